The van der Waals surface area contributed by atoms with Gasteiger partial charge in [0.05, 0.1) is 27.8 Å². The second-order valence-electron chi connectivity index (χ2n) is 10.3. The number of fused-ring (bicyclic) bond motifs is 7. The van der Waals surface area contributed by atoms with Crippen LogP contribution in [0.25, 0.3) is 11.3 Å². The Kier molecular flexibility index (Phi) is 4.73. The molecule has 6 rings (SSSR count). The average molecular weight is 457 g/mol. The molecule has 0 atom stereocenters. The summed E-state index contributed by atoms with van der Waals surface area (Å²) in [6, 6.07) is 1.88. The maximum atomic E-state index is 13.0. The molecule has 1 saturated heterocycles. The fourth-order valence-electron chi connectivity index (χ4n) is 5.33. The van der Waals surface area contributed by atoms with Crippen molar-refractivity contribution in [1.29, 1.82) is 0 Å². The highest BCUT2D eigenvalue weighted by Crippen LogP contribution is 2.59. The van der Waals surface area contributed by atoms with Crippen LogP contribution in [-0.2, 0) is 27.8 Å². The molecule has 7 nitrogen and oxygen atoms in total. The third-order valence-electron chi connectivity index (χ3n) is 7.40. The maximum Gasteiger partial charge on any atom is 0.253 e. The van der Waals surface area contributed by atoms with Crippen LogP contribution >= 0.6 is 11.6 Å². The lowest BCUT2D eigenvalue weighted by molar-refractivity contribution is -0.126. The predicted molar refractivity (Wildman–Crippen MR) is 122 cm³/mol. The first kappa shape index (κ1) is 21.5. The van der Waals surface area contributed by atoms with Gasteiger partial charge >= 0.3 is 0 Å². The molecule has 2 aliphatic carbocycles. The first-order chi connectivity index (χ1) is 15.1. The molecule has 2 aromatic heterocycles. The number of hydrogen-bond donors (Lipinski definition) is 2. The van der Waals surface area contributed by atoms with Crippen LogP contribution in [0.5, 0.6) is 0 Å². The van der Waals surface area contributed by atoms with Crippen LogP contribution in [0, 0.1) is 0 Å². The van der Waals surface area contributed by atoms with E-state index in [4.69, 9.17) is 16.3 Å². The number of aryl methyl sites for hydroxylation is 1. The Morgan fingerprint density at radius 2 is 1.94 bits per heavy atom. The number of carbonyl (C=O) groups excluding carboxylic acids is 2. The van der Waals surface area contributed by atoms with Gasteiger partial charge in [-0.2, -0.15) is 0 Å². The summed E-state index contributed by atoms with van der Waals surface area (Å²) in [6.07, 6.45) is 6.34. The van der Waals surface area contributed by atoms with E-state index in [1.54, 1.807) is 12.0 Å². The van der Waals surface area contributed by atoms with Gasteiger partial charge in [0.25, 0.3) is 5.91 Å². The summed E-state index contributed by atoms with van der Waals surface area (Å²) >= 11 is 6.14. The lowest BCUT2D eigenvalue weighted by atomic mass is 9.65. The van der Waals surface area contributed by atoms with Crippen LogP contribution in [0.2, 0.25) is 5.15 Å². The van der Waals surface area contributed by atoms with Crippen LogP contribution in [-0.4, -0.2) is 58.5 Å². The summed E-state index contributed by atoms with van der Waals surface area (Å²) in [5, 5.41) is 3.75. The highest BCUT2D eigenvalue weighted by molar-refractivity contribution is 6.29. The highest BCUT2D eigenvalue weighted by Gasteiger charge is 2.69. The number of ether oxygens (including phenoxy) is 1. The van der Waals surface area contributed by atoms with E-state index >= 15 is 0 Å². The summed E-state index contributed by atoms with van der Waals surface area (Å²) < 4.78 is 4.94. The minimum absolute atomic E-state index is 0.0220. The van der Waals surface area contributed by atoms with Gasteiger partial charge in [0.2, 0.25) is 6.41 Å². The molecule has 0 radical (unpaired) electrons. The second kappa shape index (κ2) is 7.06. The van der Waals surface area contributed by atoms with Crippen molar-refractivity contribution < 1.29 is 14.3 Å². The first-order valence-electron chi connectivity index (χ1n) is 11.1. The van der Waals surface area contributed by atoms with Gasteiger partial charge < -0.3 is 19.9 Å². The largest absolute Gasteiger partial charge is 0.379 e. The Morgan fingerprint density at radius 1 is 1.25 bits per heavy atom. The molecule has 1 saturated carbocycles. The van der Waals surface area contributed by atoms with Crippen molar-refractivity contribution in [2.75, 3.05) is 20.2 Å². The van der Waals surface area contributed by atoms with Gasteiger partial charge in [-0.15, -0.1) is 0 Å². The van der Waals surface area contributed by atoms with Gasteiger partial charge in [-0.25, -0.2) is 4.98 Å². The number of methoxy groups -OCH3 is 1. The molecule has 8 heteroatoms. The molecule has 4 aliphatic rings. The first-order valence-corrected chi connectivity index (χ1v) is 11.5. The monoisotopic (exact) mass is 456 g/mol. The topological polar surface area (TPSA) is 87.3 Å². The number of likely N-dealkylation sites (tertiary alicyclic amines) is 1. The van der Waals surface area contributed by atoms with E-state index in [2.05, 4.69) is 15.3 Å². The Labute approximate surface area is 192 Å². The molecule has 32 heavy (non-hydrogen) atoms. The van der Waals surface area contributed by atoms with Crippen LogP contribution in [0.3, 0.4) is 0 Å². The van der Waals surface area contributed by atoms with Crippen molar-refractivity contribution in [2.24, 2.45) is 0 Å². The fourth-order valence-corrected chi connectivity index (χ4v) is 5.49. The number of nitrogens with one attached hydrogen (secondary N) is 2. The third kappa shape index (κ3) is 3.09. The van der Waals surface area contributed by atoms with E-state index in [1.165, 1.54) is 0 Å². The number of hydrogen-bond acceptors (Lipinski definition) is 4. The van der Waals surface area contributed by atoms with Gasteiger partial charge in [0.15, 0.2) is 0 Å². The molecular formula is C24H29ClN4O3. The minimum Gasteiger partial charge on any atom is -0.379 e. The summed E-state index contributed by atoms with van der Waals surface area (Å²) in [5.41, 5.74) is 5.74. The van der Waals surface area contributed by atoms with E-state index in [1.807, 2.05) is 33.0 Å². The number of H-pyrrole nitrogens is 1. The smallest absolute Gasteiger partial charge is 0.253 e. The zero-order chi connectivity index (χ0) is 22.9. The van der Waals surface area contributed by atoms with Crippen molar-refractivity contribution in [3.63, 3.8) is 0 Å². The number of carbonyl (C=O) groups is 2. The van der Waals surface area contributed by atoms with Gasteiger partial charge in [0, 0.05) is 37.7 Å². The molecule has 2 amide bonds. The Balaban J connectivity index is 0.000000322. The predicted octanol–water partition coefficient (Wildman–Crippen LogP) is 3.25. The zero-order valence-electron chi connectivity index (χ0n) is 19.0. The zero-order valence-corrected chi connectivity index (χ0v) is 19.7. The summed E-state index contributed by atoms with van der Waals surface area (Å²) in [7, 11) is 1.71. The van der Waals surface area contributed by atoms with Gasteiger partial charge in [-0.1, -0.05) is 11.6 Å². The summed E-state index contributed by atoms with van der Waals surface area (Å²) in [4.78, 5) is 33.8. The van der Waals surface area contributed by atoms with Crippen molar-refractivity contribution >= 4 is 23.9 Å². The van der Waals surface area contributed by atoms with Gasteiger partial charge in [0.1, 0.15) is 5.15 Å². The van der Waals surface area contributed by atoms with Crippen molar-refractivity contribution in [3.05, 3.63) is 39.8 Å². The number of nitrogens with zero attached hydrogens (tertiary/aromatic N) is 2. The number of pyridine rings is 1. The van der Waals surface area contributed by atoms with E-state index in [-0.39, 0.29) is 22.5 Å². The van der Waals surface area contributed by atoms with E-state index in [0.717, 1.165) is 65.7 Å². The Morgan fingerprint density at radius 3 is 2.53 bits per heavy atom. The van der Waals surface area contributed by atoms with Gasteiger partial charge in [-0.05, 0) is 63.6 Å². The fraction of sp³-hybridized carbons (Fsp3) is 0.542. The minimum atomic E-state index is -0.192. The van der Waals surface area contributed by atoms with Crippen LogP contribution in [0.1, 0.15) is 60.8 Å². The SMILES string of the molecule is COC(C)(C)C.O=CN1CC2(C1)c1[nH]c3c(c1C(=O)NC21CC1)CCc1cnc(Cl)cc1-3. The third-order valence-corrected chi connectivity index (χ3v) is 7.61. The molecule has 2 aliphatic heterocycles. The van der Waals surface area contributed by atoms with Crippen LogP contribution in [0.4, 0.5) is 0 Å². The molecule has 0 unspecified atom stereocenters. The molecule has 0 bridgehead atoms. The van der Waals surface area contributed by atoms with Crippen molar-refractivity contribution in [2.45, 2.75) is 63.0 Å². The molecular weight excluding hydrogens is 428 g/mol. The molecule has 2 aromatic rings. The van der Waals surface area contributed by atoms with E-state index < -0.39 is 0 Å². The maximum absolute atomic E-state index is 13.0. The number of rotatable bonds is 1. The second-order valence-corrected chi connectivity index (χ2v) is 10.7. The number of aromatic amines is 1. The number of aromatic nitrogens is 2. The van der Waals surface area contributed by atoms with Crippen molar-refractivity contribution in [1.82, 2.24) is 20.2 Å². The summed E-state index contributed by atoms with van der Waals surface area (Å²) in [6.45, 7) is 7.38. The van der Waals surface area contributed by atoms with E-state index in [9.17, 15) is 9.59 Å². The summed E-state index contributed by atoms with van der Waals surface area (Å²) in [5.74, 6) is 0.0220. The number of halogens is 1. The lowest BCUT2D eigenvalue weighted by Crippen LogP contribution is -2.72. The Bertz CT molecular complexity index is 1110. The van der Waals surface area contributed by atoms with Crippen LogP contribution < -0.4 is 5.32 Å². The molecule has 170 valence electrons. The molecule has 2 N–H and O–H groups in total. The number of amides is 2. The quantitative estimate of drug-likeness (QED) is 0.509. The van der Waals surface area contributed by atoms with Crippen LogP contribution in [0.15, 0.2) is 12.3 Å². The Hall–Kier alpha value is -2.38. The highest BCUT2D eigenvalue weighted by atomic mass is 35.5. The van der Waals surface area contributed by atoms with E-state index in [0.29, 0.717) is 18.2 Å². The molecule has 2 spiro atoms. The lowest BCUT2D eigenvalue weighted by Gasteiger charge is -2.55. The molecule has 0 aromatic carbocycles. The molecule has 4 heterocycles. The van der Waals surface area contributed by atoms with Crippen molar-refractivity contribution in [3.8, 4) is 11.3 Å². The average Bonchev–Trinajstić information content (AvgIpc) is 3.36. The molecule has 2 fully saturated rings. The normalized spacial score (nSPS) is 20.9. The standard InChI is InChI=1S/C19H17ClN4O2.C5H12O/c20-13-5-12-10(6-21-13)1-2-11-14-16(22-15(11)12)18(7-24(8-18)9-25)19(3-4-19)23-17(14)26;1-5(2,3)6-4/h5-6,9,22H,1-4,7-8H2,(H,23,26);1-4H3. The van der Waals surface area contributed by atoms with Gasteiger partial charge in [-0.3, -0.25) is 9.59 Å².